The highest BCUT2D eigenvalue weighted by Crippen LogP contribution is 2.38. The summed E-state index contributed by atoms with van der Waals surface area (Å²) in [4.78, 5) is 28.8. The smallest absolute Gasteiger partial charge is 0.315 e. The Balaban J connectivity index is 1.73. The molecule has 0 amide bonds. The van der Waals surface area contributed by atoms with E-state index in [0.717, 1.165) is 4.47 Å². The summed E-state index contributed by atoms with van der Waals surface area (Å²) in [5.41, 5.74) is 0.615. The molecule has 0 N–H and O–H groups in total. The van der Waals surface area contributed by atoms with Crippen LogP contribution in [0.1, 0.15) is 23.9 Å². The second-order valence-electron chi connectivity index (χ2n) is 7.65. The standard InChI is InChI=1S/C25H20BrFN4O5/c1-3-23-29-20-8-7-17(26)12-19(20)25(32)30(23)28-13-16-10-21(31(33)34)24(22(11-16)35-2)36-14-15-5-4-6-18(27)9-15/h4-13H,3,14H2,1-2H3. The molecule has 4 aromatic rings. The lowest BCUT2D eigenvalue weighted by molar-refractivity contribution is -0.386. The number of aromatic nitrogens is 2. The van der Waals surface area contributed by atoms with Gasteiger partial charge < -0.3 is 9.47 Å². The SMILES string of the molecule is CCc1nc2ccc(Br)cc2c(=O)n1N=Cc1cc(OC)c(OCc2cccc(F)c2)c([N+](=O)[O-])c1. The Hall–Kier alpha value is -4.12. The molecule has 0 atom stereocenters. The van der Waals surface area contributed by atoms with Crippen LogP contribution in [0.4, 0.5) is 10.1 Å². The van der Waals surface area contributed by atoms with Crippen LogP contribution < -0.4 is 15.0 Å². The van der Waals surface area contributed by atoms with Gasteiger partial charge in [-0.25, -0.2) is 9.37 Å². The van der Waals surface area contributed by atoms with Crippen molar-refractivity contribution in [2.24, 2.45) is 5.10 Å². The molecule has 0 spiro atoms. The van der Waals surface area contributed by atoms with Crippen LogP contribution in [0.2, 0.25) is 0 Å². The zero-order valence-electron chi connectivity index (χ0n) is 19.3. The van der Waals surface area contributed by atoms with Crippen molar-refractivity contribution in [1.82, 2.24) is 9.66 Å². The van der Waals surface area contributed by atoms with E-state index in [4.69, 9.17) is 9.47 Å². The van der Waals surface area contributed by atoms with Crippen LogP contribution in [-0.4, -0.2) is 27.9 Å². The number of nitrogens with zero attached hydrogens (tertiary/aromatic N) is 4. The summed E-state index contributed by atoms with van der Waals surface area (Å²) in [6, 6.07) is 13.7. The number of fused-ring (bicyclic) bond motifs is 1. The Morgan fingerprint density at radius 3 is 2.72 bits per heavy atom. The van der Waals surface area contributed by atoms with Gasteiger partial charge in [-0.2, -0.15) is 9.78 Å². The molecule has 9 nitrogen and oxygen atoms in total. The predicted octanol–water partition coefficient (Wildman–Crippen LogP) is 5.24. The number of ether oxygens (including phenoxy) is 2. The summed E-state index contributed by atoms with van der Waals surface area (Å²) in [6.45, 7) is 1.74. The number of methoxy groups -OCH3 is 1. The van der Waals surface area contributed by atoms with Crippen molar-refractivity contribution >= 4 is 38.7 Å². The number of halogens is 2. The molecule has 11 heteroatoms. The number of nitro groups is 1. The fourth-order valence-corrected chi connectivity index (χ4v) is 3.93. The molecule has 36 heavy (non-hydrogen) atoms. The van der Waals surface area contributed by atoms with Gasteiger partial charge in [0, 0.05) is 22.5 Å². The van der Waals surface area contributed by atoms with Crippen molar-refractivity contribution in [3.05, 3.63) is 102 Å². The molecule has 3 aromatic carbocycles. The molecule has 1 aromatic heterocycles. The minimum absolute atomic E-state index is 0.0886. The van der Waals surface area contributed by atoms with Crippen LogP contribution >= 0.6 is 15.9 Å². The maximum atomic E-state index is 13.5. The summed E-state index contributed by atoms with van der Waals surface area (Å²) in [6.07, 6.45) is 1.76. The van der Waals surface area contributed by atoms with Crippen LogP contribution in [0.15, 0.2) is 69.0 Å². The van der Waals surface area contributed by atoms with Crippen LogP contribution in [-0.2, 0) is 13.0 Å². The summed E-state index contributed by atoms with van der Waals surface area (Å²) >= 11 is 3.36. The van der Waals surface area contributed by atoms with Crippen molar-refractivity contribution < 1.29 is 18.8 Å². The van der Waals surface area contributed by atoms with Gasteiger partial charge in [0.1, 0.15) is 18.2 Å². The third-order valence-electron chi connectivity index (χ3n) is 5.26. The molecule has 0 saturated carbocycles. The van der Waals surface area contributed by atoms with Gasteiger partial charge >= 0.3 is 5.69 Å². The highest BCUT2D eigenvalue weighted by atomic mass is 79.9. The van der Waals surface area contributed by atoms with Gasteiger partial charge in [-0.3, -0.25) is 14.9 Å². The van der Waals surface area contributed by atoms with Gasteiger partial charge in [-0.1, -0.05) is 35.0 Å². The van der Waals surface area contributed by atoms with E-state index in [1.54, 1.807) is 24.3 Å². The van der Waals surface area contributed by atoms with Crippen molar-refractivity contribution in [2.45, 2.75) is 20.0 Å². The lowest BCUT2D eigenvalue weighted by atomic mass is 10.1. The fraction of sp³-hybridized carbons (Fsp3) is 0.160. The molecule has 0 unspecified atom stereocenters. The third kappa shape index (κ3) is 5.25. The zero-order chi connectivity index (χ0) is 25.8. The zero-order valence-corrected chi connectivity index (χ0v) is 20.9. The number of aryl methyl sites for hydroxylation is 1. The number of hydrogen-bond donors (Lipinski definition) is 0. The molecule has 0 aliphatic carbocycles. The second-order valence-corrected chi connectivity index (χ2v) is 8.57. The van der Waals surface area contributed by atoms with Gasteiger partial charge in [0.05, 0.1) is 29.2 Å². The molecule has 0 radical (unpaired) electrons. The molecule has 0 aliphatic heterocycles. The third-order valence-corrected chi connectivity index (χ3v) is 5.75. The number of nitro benzene ring substituents is 1. The average molecular weight is 555 g/mol. The van der Waals surface area contributed by atoms with E-state index in [1.807, 2.05) is 6.92 Å². The Bertz CT molecular complexity index is 1550. The van der Waals surface area contributed by atoms with Crippen LogP contribution in [0, 0.1) is 15.9 Å². The summed E-state index contributed by atoms with van der Waals surface area (Å²) in [5.74, 6) is -0.0258. The molecular weight excluding hydrogens is 535 g/mol. The Morgan fingerprint density at radius 1 is 1.22 bits per heavy atom. The minimum Gasteiger partial charge on any atom is -0.493 e. The van der Waals surface area contributed by atoms with Crippen LogP contribution in [0.5, 0.6) is 11.5 Å². The predicted molar refractivity (Wildman–Crippen MR) is 136 cm³/mol. The maximum Gasteiger partial charge on any atom is 0.315 e. The average Bonchev–Trinajstić information content (AvgIpc) is 2.86. The van der Waals surface area contributed by atoms with E-state index in [-0.39, 0.29) is 29.4 Å². The van der Waals surface area contributed by atoms with E-state index in [1.165, 1.54) is 48.3 Å². The largest absolute Gasteiger partial charge is 0.493 e. The first-order chi connectivity index (χ1) is 17.3. The highest BCUT2D eigenvalue weighted by Gasteiger charge is 2.22. The maximum absolute atomic E-state index is 13.5. The Labute approximate surface area is 213 Å². The molecule has 0 bridgehead atoms. The first-order valence-electron chi connectivity index (χ1n) is 10.8. The van der Waals surface area contributed by atoms with Crippen molar-refractivity contribution in [3.63, 3.8) is 0 Å². The van der Waals surface area contributed by atoms with Crippen molar-refractivity contribution in [3.8, 4) is 11.5 Å². The Morgan fingerprint density at radius 2 is 2.03 bits per heavy atom. The molecule has 184 valence electrons. The second kappa shape index (κ2) is 10.6. The van der Waals surface area contributed by atoms with Gasteiger partial charge in [-0.15, -0.1) is 0 Å². The lowest BCUT2D eigenvalue weighted by Crippen LogP contribution is -2.22. The summed E-state index contributed by atoms with van der Waals surface area (Å²) < 4.78 is 26.3. The highest BCUT2D eigenvalue weighted by molar-refractivity contribution is 9.10. The first kappa shape index (κ1) is 25.0. The monoisotopic (exact) mass is 554 g/mol. The van der Waals surface area contributed by atoms with Gasteiger partial charge in [-0.05, 0) is 42.0 Å². The fourth-order valence-electron chi connectivity index (χ4n) is 3.56. The van der Waals surface area contributed by atoms with Gasteiger partial charge in [0.2, 0.25) is 5.75 Å². The van der Waals surface area contributed by atoms with Gasteiger partial charge in [0.25, 0.3) is 5.56 Å². The Kier molecular flexibility index (Phi) is 7.39. The van der Waals surface area contributed by atoms with Crippen molar-refractivity contribution in [2.75, 3.05) is 7.11 Å². The van der Waals surface area contributed by atoms with Crippen molar-refractivity contribution in [1.29, 1.82) is 0 Å². The normalized spacial score (nSPS) is 11.2. The quantitative estimate of drug-likeness (QED) is 0.167. The van der Waals surface area contributed by atoms with E-state index in [2.05, 4.69) is 26.0 Å². The van der Waals surface area contributed by atoms with E-state index >= 15 is 0 Å². The van der Waals surface area contributed by atoms with Gasteiger partial charge in [0.15, 0.2) is 5.75 Å². The topological polar surface area (TPSA) is 109 Å². The molecule has 0 aliphatic rings. The molecule has 4 rings (SSSR count). The summed E-state index contributed by atoms with van der Waals surface area (Å²) in [7, 11) is 1.35. The molecule has 0 fully saturated rings. The van der Waals surface area contributed by atoms with E-state index in [9.17, 15) is 19.3 Å². The molecule has 0 saturated heterocycles. The summed E-state index contributed by atoms with van der Waals surface area (Å²) in [5, 5.41) is 16.5. The number of hydrogen-bond acceptors (Lipinski definition) is 7. The number of rotatable bonds is 8. The lowest BCUT2D eigenvalue weighted by Gasteiger charge is -2.12. The van der Waals surface area contributed by atoms with E-state index < -0.39 is 10.7 Å². The first-order valence-corrected chi connectivity index (χ1v) is 11.6. The van der Waals surface area contributed by atoms with E-state index in [0.29, 0.717) is 34.3 Å². The molecule has 1 heterocycles. The minimum atomic E-state index is -0.612. The van der Waals surface area contributed by atoms with Crippen LogP contribution in [0.3, 0.4) is 0 Å². The molecular formula is C25H20BrFN4O5. The number of benzene rings is 3. The van der Waals surface area contributed by atoms with Crippen LogP contribution in [0.25, 0.3) is 10.9 Å².